The van der Waals surface area contributed by atoms with E-state index >= 15 is 0 Å². The Morgan fingerprint density at radius 3 is 2.55 bits per heavy atom. The molecule has 0 aliphatic heterocycles. The highest BCUT2D eigenvalue weighted by molar-refractivity contribution is 7.80. The molecule has 0 saturated carbocycles. The van der Waals surface area contributed by atoms with Gasteiger partial charge < -0.3 is 11.1 Å². The lowest BCUT2D eigenvalue weighted by Crippen LogP contribution is -2.18. The van der Waals surface area contributed by atoms with Crippen molar-refractivity contribution in [1.29, 1.82) is 0 Å². The van der Waals surface area contributed by atoms with Gasteiger partial charge in [-0.3, -0.25) is 4.68 Å². The van der Waals surface area contributed by atoms with Crippen LogP contribution in [0.2, 0.25) is 0 Å². The lowest BCUT2D eigenvalue weighted by Gasteiger charge is -2.13. The maximum atomic E-state index is 12.8. The van der Waals surface area contributed by atoms with E-state index in [9.17, 15) is 13.2 Å². The molecule has 8 heteroatoms. The van der Waals surface area contributed by atoms with Crippen LogP contribution >= 0.6 is 12.2 Å². The Balaban J connectivity index is 2.38. The van der Waals surface area contributed by atoms with Gasteiger partial charge in [0.05, 0.1) is 5.56 Å². The third kappa shape index (κ3) is 3.08. The number of hydrogen-bond acceptors (Lipinski definition) is 3. The van der Waals surface area contributed by atoms with Crippen molar-refractivity contribution in [1.82, 2.24) is 9.78 Å². The summed E-state index contributed by atoms with van der Waals surface area (Å²) in [7, 11) is 1.73. The number of benzene rings is 1. The van der Waals surface area contributed by atoms with Gasteiger partial charge in [-0.25, -0.2) is 0 Å². The lowest BCUT2D eigenvalue weighted by atomic mass is 10.1. The van der Waals surface area contributed by atoms with Crippen molar-refractivity contribution in [3.63, 3.8) is 0 Å². The van der Waals surface area contributed by atoms with Crippen LogP contribution in [0.1, 0.15) is 11.1 Å². The van der Waals surface area contributed by atoms with Gasteiger partial charge >= 0.3 is 6.18 Å². The van der Waals surface area contributed by atoms with E-state index in [4.69, 9.17) is 5.73 Å². The van der Waals surface area contributed by atoms with Gasteiger partial charge in [0.25, 0.3) is 0 Å². The number of rotatable bonds is 3. The maximum Gasteiger partial charge on any atom is 0.417 e. The Morgan fingerprint density at radius 1 is 1.35 bits per heavy atom. The van der Waals surface area contributed by atoms with Gasteiger partial charge in [-0.05, 0) is 18.2 Å². The summed E-state index contributed by atoms with van der Waals surface area (Å²) in [5.41, 5.74) is 4.73. The third-order valence-electron chi connectivity index (χ3n) is 2.58. The van der Waals surface area contributed by atoms with Gasteiger partial charge in [0.2, 0.25) is 0 Å². The number of halogens is 3. The molecule has 106 valence electrons. The molecule has 0 spiro atoms. The highest BCUT2D eigenvalue weighted by atomic mass is 32.1. The molecule has 0 amide bonds. The van der Waals surface area contributed by atoms with E-state index in [1.165, 1.54) is 12.1 Å². The Morgan fingerprint density at radius 2 is 2.05 bits per heavy atom. The van der Waals surface area contributed by atoms with Crippen LogP contribution in [0.3, 0.4) is 0 Å². The highest BCUT2D eigenvalue weighted by Crippen LogP contribution is 2.33. The SMILES string of the molecule is Cn1ccc(Nc2ccc(C(F)(F)F)c(C(N)=S)c2)n1. The van der Waals surface area contributed by atoms with Crippen molar-refractivity contribution in [3.05, 3.63) is 41.6 Å². The zero-order valence-electron chi connectivity index (χ0n) is 10.4. The van der Waals surface area contributed by atoms with E-state index in [1.807, 2.05) is 0 Å². The van der Waals surface area contributed by atoms with Crippen LogP contribution in [0, 0.1) is 0 Å². The van der Waals surface area contributed by atoms with Crippen LogP contribution < -0.4 is 11.1 Å². The second-order valence-electron chi connectivity index (χ2n) is 4.12. The number of aromatic nitrogens is 2. The molecule has 0 bridgehead atoms. The smallest absolute Gasteiger partial charge is 0.389 e. The van der Waals surface area contributed by atoms with Crippen LogP contribution in [0.5, 0.6) is 0 Å². The first-order chi connectivity index (χ1) is 9.27. The van der Waals surface area contributed by atoms with Crippen LogP contribution in [0.15, 0.2) is 30.5 Å². The second-order valence-corrected chi connectivity index (χ2v) is 4.56. The molecule has 0 saturated heterocycles. The first-order valence-corrected chi connectivity index (χ1v) is 5.96. The van der Waals surface area contributed by atoms with Crippen LogP contribution in [-0.4, -0.2) is 14.8 Å². The van der Waals surface area contributed by atoms with Crippen LogP contribution in [0.25, 0.3) is 0 Å². The van der Waals surface area contributed by atoms with Gasteiger partial charge in [-0.1, -0.05) is 12.2 Å². The molecule has 2 rings (SSSR count). The molecule has 0 fully saturated rings. The van der Waals surface area contributed by atoms with Gasteiger partial charge in [-0.2, -0.15) is 18.3 Å². The largest absolute Gasteiger partial charge is 0.417 e. The van der Waals surface area contributed by atoms with Gasteiger partial charge in [-0.15, -0.1) is 0 Å². The summed E-state index contributed by atoms with van der Waals surface area (Å²) in [6.07, 6.45) is -2.79. The highest BCUT2D eigenvalue weighted by Gasteiger charge is 2.34. The predicted molar refractivity (Wildman–Crippen MR) is 73.8 cm³/mol. The number of anilines is 2. The molecule has 0 radical (unpaired) electrons. The summed E-state index contributed by atoms with van der Waals surface area (Å²) in [6, 6.07) is 5.21. The average molecular weight is 300 g/mol. The molecular weight excluding hydrogens is 289 g/mol. The minimum absolute atomic E-state index is 0.214. The van der Waals surface area contributed by atoms with Crippen LogP contribution in [0.4, 0.5) is 24.7 Å². The summed E-state index contributed by atoms with van der Waals surface area (Å²) in [4.78, 5) is -0.304. The molecule has 1 aromatic heterocycles. The van der Waals surface area contributed by atoms with E-state index in [0.717, 1.165) is 6.07 Å². The molecule has 0 aliphatic carbocycles. The monoisotopic (exact) mass is 300 g/mol. The molecule has 0 unspecified atom stereocenters. The summed E-state index contributed by atoms with van der Waals surface area (Å²) in [5.74, 6) is 0.515. The van der Waals surface area contributed by atoms with Crippen molar-refractivity contribution in [2.24, 2.45) is 12.8 Å². The van der Waals surface area contributed by atoms with Crippen molar-refractivity contribution in [3.8, 4) is 0 Å². The standard InChI is InChI=1S/C12H11F3N4S/c1-19-5-4-10(18-19)17-7-2-3-9(12(13,14)15)8(6-7)11(16)20/h2-6H,1H3,(H2,16,20)(H,17,18). The van der Waals surface area contributed by atoms with E-state index in [0.29, 0.717) is 11.5 Å². The second kappa shape index (κ2) is 5.12. The Bertz CT molecular complexity index is 648. The number of nitrogens with zero attached hydrogens (tertiary/aromatic N) is 2. The predicted octanol–water partition coefficient (Wildman–Crippen LogP) is 2.82. The fourth-order valence-electron chi connectivity index (χ4n) is 1.70. The topological polar surface area (TPSA) is 55.9 Å². The van der Waals surface area contributed by atoms with Gasteiger partial charge in [0.1, 0.15) is 4.99 Å². The number of alkyl halides is 3. The molecule has 4 nitrogen and oxygen atoms in total. The molecule has 0 aliphatic rings. The minimum Gasteiger partial charge on any atom is -0.389 e. The number of nitrogens with two attached hydrogens (primary N) is 1. The van der Waals surface area contributed by atoms with Crippen molar-refractivity contribution in [2.75, 3.05) is 5.32 Å². The lowest BCUT2D eigenvalue weighted by molar-refractivity contribution is -0.137. The van der Waals surface area contributed by atoms with E-state index < -0.39 is 11.7 Å². The van der Waals surface area contributed by atoms with E-state index in [1.54, 1.807) is 24.0 Å². The Kier molecular flexibility index (Phi) is 3.67. The first-order valence-electron chi connectivity index (χ1n) is 5.55. The molecule has 3 N–H and O–H groups in total. The van der Waals surface area contributed by atoms with Crippen molar-refractivity contribution < 1.29 is 13.2 Å². The van der Waals surface area contributed by atoms with E-state index in [2.05, 4.69) is 22.6 Å². The van der Waals surface area contributed by atoms with Crippen molar-refractivity contribution in [2.45, 2.75) is 6.18 Å². The molecule has 2 aromatic rings. The van der Waals surface area contributed by atoms with E-state index in [-0.39, 0.29) is 10.6 Å². The number of hydrogen-bond donors (Lipinski definition) is 2. The molecule has 20 heavy (non-hydrogen) atoms. The fraction of sp³-hybridized carbons (Fsp3) is 0.167. The van der Waals surface area contributed by atoms with Gasteiger partial charge in [0, 0.05) is 30.6 Å². The average Bonchev–Trinajstić information content (AvgIpc) is 2.73. The Hall–Kier alpha value is -2.09. The zero-order chi connectivity index (χ0) is 14.9. The zero-order valence-corrected chi connectivity index (χ0v) is 11.2. The number of nitrogens with one attached hydrogen (secondary N) is 1. The number of aryl methyl sites for hydroxylation is 1. The molecule has 1 aromatic carbocycles. The maximum absolute atomic E-state index is 12.8. The number of thiocarbonyl (C=S) groups is 1. The summed E-state index contributed by atoms with van der Waals surface area (Å²) >= 11 is 4.68. The third-order valence-corrected chi connectivity index (χ3v) is 2.80. The summed E-state index contributed by atoms with van der Waals surface area (Å²) in [6.45, 7) is 0. The van der Waals surface area contributed by atoms with Gasteiger partial charge in [0.15, 0.2) is 5.82 Å². The molecule has 0 atom stereocenters. The normalized spacial score (nSPS) is 11.4. The summed E-state index contributed by atoms with van der Waals surface area (Å²) < 4.78 is 40.0. The molecule has 1 heterocycles. The van der Waals surface area contributed by atoms with Crippen LogP contribution in [-0.2, 0) is 13.2 Å². The fourth-order valence-corrected chi connectivity index (χ4v) is 1.87. The first kappa shape index (κ1) is 14.3. The Labute approximate surface area is 118 Å². The van der Waals surface area contributed by atoms with Crippen molar-refractivity contribution >= 4 is 28.7 Å². The molecular formula is C12H11F3N4S. The summed E-state index contributed by atoms with van der Waals surface area (Å²) in [5, 5.41) is 6.96. The quantitative estimate of drug-likeness (QED) is 0.856. The minimum atomic E-state index is -4.50.